The smallest absolute Gasteiger partial charge is 0.211 e. The van der Waals surface area contributed by atoms with E-state index in [1.165, 1.54) is 18.2 Å². The van der Waals surface area contributed by atoms with Gasteiger partial charge in [0.05, 0.1) is 4.90 Å². The van der Waals surface area contributed by atoms with Crippen molar-refractivity contribution in [3.05, 3.63) is 53.6 Å². The van der Waals surface area contributed by atoms with Crippen LogP contribution in [0.3, 0.4) is 0 Å². The molecule has 112 valence electrons. The van der Waals surface area contributed by atoms with Gasteiger partial charge in [-0.3, -0.25) is 0 Å². The molecule has 0 amide bonds. The van der Waals surface area contributed by atoms with Crippen LogP contribution in [0.1, 0.15) is 12.5 Å². The number of rotatable bonds is 4. The number of nitrogens with one attached hydrogen (secondary N) is 1. The van der Waals surface area contributed by atoms with Crippen molar-refractivity contribution >= 4 is 10.0 Å². The van der Waals surface area contributed by atoms with Gasteiger partial charge in [0, 0.05) is 6.54 Å². The molecule has 6 heteroatoms. The van der Waals surface area contributed by atoms with Crippen LogP contribution in [-0.2, 0) is 10.0 Å². The number of aryl methyl sites for hydroxylation is 1. The van der Waals surface area contributed by atoms with Gasteiger partial charge >= 0.3 is 0 Å². The molecule has 0 fully saturated rings. The molecule has 0 atom stereocenters. The molecule has 0 aliphatic heterocycles. The molecule has 0 aromatic heterocycles. The minimum Gasteiger partial charge on any atom is -0.211 e. The number of benzene rings is 2. The summed E-state index contributed by atoms with van der Waals surface area (Å²) in [5.74, 6) is -1.85. The summed E-state index contributed by atoms with van der Waals surface area (Å²) in [7, 11) is -3.53. The van der Waals surface area contributed by atoms with Gasteiger partial charge in [-0.1, -0.05) is 19.1 Å². The summed E-state index contributed by atoms with van der Waals surface area (Å²) in [5.41, 5.74) is 1.82. The Balaban J connectivity index is 2.47. The first-order valence-corrected chi connectivity index (χ1v) is 7.89. The largest absolute Gasteiger partial charge is 0.240 e. The minimum atomic E-state index is -3.53. The van der Waals surface area contributed by atoms with E-state index in [9.17, 15) is 17.2 Å². The fraction of sp³-hybridized carbons (Fsp3) is 0.200. The van der Waals surface area contributed by atoms with E-state index >= 15 is 0 Å². The van der Waals surface area contributed by atoms with Crippen molar-refractivity contribution in [2.45, 2.75) is 18.7 Å². The summed E-state index contributed by atoms with van der Waals surface area (Å²) in [6, 6.07) is 8.14. The Labute approximate surface area is 122 Å². The highest BCUT2D eigenvalue weighted by molar-refractivity contribution is 7.89. The van der Waals surface area contributed by atoms with Crippen molar-refractivity contribution in [3.63, 3.8) is 0 Å². The average molecular weight is 311 g/mol. The molecule has 1 N–H and O–H groups in total. The van der Waals surface area contributed by atoms with Crippen LogP contribution in [0.2, 0.25) is 0 Å². The van der Waals surface area contributed by atoms with Gasteiger partial charge in [-0.2, -0.15) is 0 Å². The van der Waals surface area contributed by atoms with Gasteiger partial charge in [0.2, 0.25) is 10.0 Å². The molecule has 0 saturated heterocycles. The highest BCUT2D eigenvalue weighted by Gasteiger charge is 2.14. The lowest BCUT2D eigenvalue weighted by Gasteiger charge is -2.10. The minimum absolute atomic E-state index is 0.146. The second-order valence-electron chi connectivity index (χ2n) is 4.61. The van der Waals surface area contributed by atoms with Crippen molar-refractivity contribution in [2.75, 3.05) is 6.54 Å². The molecule has 0 aliphatic carbocycles. The summed E-state index contributed by atoms with van der Waals surface area (Å²) < 4.78 is 52.5. The molecule has 2 aromatic carbocycles. The van der Waals surface area contributed by atoms with Gasteiger partial charge in [-0.15, -0.1) is 0 Å². The Hall–Kier alpha value is -1.79. The SMILES string of the molecule is CCNS(=O)(=O)c1ccc(-c2ccc(F)c(F)c2)c(C)c1. The van der Waals surface area contributed by atoms with Crippen molar-refractivity contribution < 1.29 is 17.2 Å². The highest BCUT2D eigenvalue weighted by atomic mass is 32.2. The Morgan fingerprint density at radius 2 is 1.76 bits per heavy atom. The summed E-state index contributed by atoms with van der Waals surface area (Å²) >= 11 is 0. The predicted octanol–water partition coefficient (Wildman–Crippen LogP) is 3.24. The third-order valence-electron chi connectivity index (χ3n) is 3.07. The monoisotopic (exact) mass is 311 g/mol. The topological polar surface area (TPSA) is 46.2 Å². The molecule has 0 radical (unpaired) electrons. The number of hydrogen-bond donors (Lipinski definition) is 1. The standard InChI is InChI=1S/C15H15F2NO2S/c1-3-18-21(19,20)12-5-6-13(10(2)8-12)11-4-7-14(16)15(17)9-11/h4-9,18H,3H2,1-2H3. The van der Waals surface area contributed by atoms with Gasteiger partial charge in [0.25, 0.3) is 0 Å². The third kappa shape index (κ3) is 3.28. The lowest BCUT2D eigenvalue weighted by atomic mass is 10.0. The zero-order valence-electron chi connectivity index (χ0n) is 11.7. The Kier molecular flexibility index (Phi) is 4.39. The molecular formula is C15H15F2NO2S. The molecule has 3 nitrogen and oxygen atoms in total. The molecule has 0 aliphatic rings. The van der Waals surface area contributed by atoms with E-state index in [1.54, 1.807) is 19.9 Å². The second kappa shape index (κ2) is 5.91. The molecule has 2 rings (SSSR count). The highest BCUT2D eigenvalue weighted by Crippen LogP contribution is 2.27. The number of hydrogen-bond acceptors (Lipinski definition) is 2. The van der Waals surface area contributed by atoms with E-state index in [2.05, 4.69) is 4.72 Å². The van der Waals surface area contributed by atoms with E-state index in [4.69, 9.17) is 0 Å². The molecule has 0 bridgehead atoms. The van der Waals surface area contributed by atoms with Crippen molar-refractivity contribution in [1.29, 1.82) is 0 Å². The Morgan fingerprint density at radius 1 is 1.05 bits per heavy atom. The van der Waals surface area contributed by atoms with E-state index in [-0.39, 0.29) is 4.90 Å². The second-order valence-corrected chi connectivity index (χ2v) is 6.37. The zero-order chi connectivity index (χ0) is 15.6. The Bertz CT molecular complexity index is 773. The predicted molar refractivity (Wildman–Crippen MR) is 77.4 cm³/mol. The van der Waals surface area contributed by atoms with Gasteiger partial charge in [-0.25, -0.2) is 21.9 Å². The van der Waals surface area contributed by atoms with Crippen molar-refractivity contribution in [3.8, 4) is 11.1 Å². The van der Waals surface area contributed by atoms with Crippen LogP contribution in [0.4, 0.5) is 8.78 Å². The van der Waals surface area contributed by atoms with Gasteiger partial charge in [0.15, 0.2) is 11.6 Å². The zero-order valence-corrected chi connectivity index (χ0v) is 12.5. The van der Waals surface area contributed by atoms with Gasteiger partial charge < -0.3 is 0 Å². The van der Waals surface area contributed by atoms with E-state index in [1.807, 2.05) is 0 Å². The molecule has 21 heavy (non-hydrogen) atoms. The first-order valence-electron chi connectivity index (χ1n) is 6.41. The van der Waals surface area contributed by atoms with E-state index in [0.29, 0.717) is 23.2 Å². The quantitative estimate of drug-likeness (QED) is 0.942. The summed E-state index contributed by atoms with van der Waals surface area (Å²) in [6.45, 7) is 3.72. The van der Waals surface area contributed by atoms with Crippen molar-refractivity contribution in [2.24, 2.45) is 0 Å². The van der Waals surface area contributed by atoms with Crippen LogP contribution in [0.5, 0.6) is 0 Å². The Morgan fingerprint density at radius 3 is 2.33 bits per heavy atom. The average Bonchev–Trinajstić information content (AvgIpc) is 2.42. The lowest BCUT2D eigenvalue weighted by Crippen LogP contribution is -2.23. The van der Waals surface area contributed by atoms with E-state index < -0.39 is 21.7 Å². The summed E-state index contributed by atoms with van der Waals surface area (Å²) in [4.78, 5) is 0.146. The van der Waals surface area contributed by atoms with Gasteiger partial charge in [0.1, 0.15) is 0 Å². The summed E-state index contributed by atoms with van der Waals surface area (Å²) in [6.07, 6.45) is 0. The molecule has 2 aromatic rings. The molecule has 0 unspecified atom stereocenters. The maximum absolute atomic E-state index is 13.3. The van der Waals surface area contributed by atoms with Crippen LogP contribution in [-0.4, -0.2) is 15.0 Å². The first kappa shape index (κ1) is 15.6. The van der Waals surface area contributed by atoms with Crippen LogP contribution in [0, 0.1) is 18.6 Å². The van der Waals surface area contributed by atoms with Crippen LogP contribution in [0.15, 0.2) is 41.3 Å². The van der Waals surface area contributed by atoms with Gasteiger partial charge in [-0.05, 0) is 47.9 Å². The molecule has 0 spiro atoms. The fourth-order valence-electron chi connectivity index (χ4n) is 2.06. The first-order chi connectivity index (χ1) is 9.85. The maximum atomic E-state index is 13.3. The summed E-state index contributed by atoms with van der Waals surface area (Å²) in [5, 5.41) is 0. The third-order valence-corrected chi connectivity index (χ3v) is 4.62. The number of sulfonamides is 1. The fourth-order valence-corrected chi connectivity index (χ4v) is 3.19. The maximum Gasteiger partial charge on any atom is 0.240 e. The molecule has 0 saturated carbocycles. The van der Waals surface area contributed by atoms with Crippen LogP contribution < -0.4 is 4.72 Å². The normalized spacial score (nSPS) is 11.6. The van der Waals surface area contributed by atoms with Crippen LogP contribution >= 0.6 is 0 Å². The van der Waals surface area contributed by atoms with Crippen LogP contribution in [0.25, 0.3) is 11.1 Å². The van der Waals surface area contributed by atoms with E-state index in [0.717, 1.165) is 12.1 Å². The van der Waals surface area contributed by atoms with Crippen molar-refractivity contribution in [1.82, 2.24) is 4.72 Å². The number of halogens is 2. The molecular weight excluding hydrogens is 296 g/mol. The molecule has 0 heterocycles. The lowest BCUT2D eigenvalue weighted by molar-refractivity contribution is 0.509.